The molecule has 0 aliphatic rings. The molecule has 0 aliphatic heterocycles. The highest BCUT2D eigenvalue weighted by Gasteiger charge is 2.16. The lowest BCUT2D eigenvalue weighted by atomic mass is 10.2. The minimum absolute atomic E-state index is 0.0205. The lowest BCUT2D eigenvalue weighted by Crippen LogP contribution is -2.20. The maximum atomic E-state index is 11.3. The fourth-order valence-corrected chi connectivity index (χ4v) is 3.30. The van der Waals surface area contributed by atoms with Crippen LogP contribution in [0.2, 0.25) is 5.02 Å². The number of rotatable bonds is 6. The number of nitro benzene ring substituents is 1. The molecule has 25 heavy (non-hydrogen) atoms. The predicted octanol–water partition coefficient (Wildman–Crippen LogP) is 5.87. The van der Waals surface area contributed by atoms with Crippen LogP contribution in [0.5, 0.6) is 0 Å². The number of benzene rings is 2. The summed E-state index contributed by atoms with van der Waals surface area (Å²) >= 11 is 13.0. The molecule has 5 nitrogen and oxygen atoms in total. The minimum atomic E-state index is -0.427. The van der Waals surface area contributed by atoms with Crippen LogP contribution < -0.4 is 10.6 Å². The molecule has 0 fully saturated rings. The molecule has 8 heteroatoms. The van der Waals surface area contributed by atoms with E-state index in [2.05, 4.69) is 17.6 Å². The third kappa shape index (κ3) is 5.32. The van der Waals surface area contributed by atoms with Crippen LogP contribution in [0, 0.1) is 17.0 Å². The number of thiocarbonyl (C=S) groups is 1. The van der Waals surface area contributed by atoms with E-state index in [-0.39, 0.29) is 10.8 Å². The van der Waals surface area contributed by atoms with E-state index in [1.807, 2.05) is 19.1 Å². The Morgan fingerprint density at radius 2 is 2.00 bits per heavy atom. The molecule has 0 saturated carbocycles. The summed E-state index contributed by atoms with van der Waals surface area (Å²) in [4.78, 5) is 11.8. The Hall–Kier alpha value is -1.83. The van der Waals surface area contributed by atoms with Crippen LogP contribution >= 0.6 is 35.6 Å². The molecule has 0 amide bonds. The van der Waals surface area contributed by atoms with E-state index in [0.29, 0.717) is 10.7 Å². The highest BCUT2D eigenvalue weighted by Crippen LogP contribution is 2.31. The Balaban J connectivity index is 2.20. The molecule has 0 heterocycles. The van der Waals surface area contributed by atoms with E-state index < -0.39 is 4.92 Å². The largest absolute Gasteiger partial charge is 0.332 e. The van der Waals surface area contributed by atoms with Crippen molar-refractivity contribution < 1.29 is 4.92 Å². The number of nitrogens with zero attached hydrogens (tertiary/aromatic N) is 1. The zero-order valence-electron chi connectivity index (χ0n) is 13.8. The van der Waals surface area contributed by atoms with E-state index in [4.69, 9.17) is 23.8 Å². The normalized spacial score (nSPS) is 10.4. The van der Waals surface area contributed by atoms with E-state index >= 15 is 0 Å². The Morgan fingerprint density at radius 3 is 2.68 bits per heavy atom. The second-order valence-electron chi connectivity index (χ2n) is 5.28. The van der Waals surface area contributed by atoms with Crippen molar-refractivity contribution >= 4 is 57.8 Å². The maximum Gasteiger partial charge on any atom is 0.292 e. The molecule has 0 atom stereocenters. The van der Waals surface area contributed by atoms with Gasteiger partial charge in [-0.1, -0.05) is 24.6 Å². The van der Waals surface area contributed by atoms with Gasteiger partial charge >= 0.3 is 0 Å². The molecule has 0 saturated heterocycles. The fourth-order valence-electron chi connectivity index (χ4n) is 2.10. The topological polar surface area (TPSA) is 67.2 Å². The molecule has 2 aromatic rings. The predicted molar refractivity (Wildman–Crippen MR) is 110 cm³/mol. The van der Waals surface area contributed by atoms with E-state index in [0.717, 1.165) is 28.3 Å². The number of anilines is 2. The van der Waals surface area contributed by atoms with Gasteiger partial charge < -0.3 is 10.6 Å². The van der Waals surface area contributed by atoms with Crippen LogP contribution in [-0.2, 0) is 0 Å². The summed E-state index contributed by atoms with van der Waals surface area (Å²) in [6, 6.07) is 10.4. The summed E-state index contributed by atoms with van der Waals surface area (Å²) in [5, 5.41) is 18.1. The molecule has 0 aliphatic carbocycles. The maximum absolute atomic E-state index is 11.3. The van der Waals surface area contributed by atoms with E-state index in [9.17, 15) is 10.1 Å². The molecule has 0 radical (unpaired) electrons. The Morgan fingerprint density at radius 1 is 1.28 bits per heavy atom. The Bertz CT molecular complexity index is 799. The van der Waals surface area contributed by atoms with E-state index in [1.54, 1.807) is 30.0 Å². The first-order valence-electron chi connectivity index (χ1n) is 7.66. The monoisotopic (exact) mass is 395 g/mol. The van der Waals surface area contributed by atoms with Crippen molar-refractivity contribution in [3.63, 3.8) is 0 Å². The number of thioether (sulfide) groups is 1. The summed E-state index contributed by atoms with van der Waals surface area (Å²) in [5.41, 5.74) is 1.95. The molecular formula is C17H18ClN3O2S2. The van der Waals surface area contributed by atoms with Gasteiger partial charge in [0.05, 0.1) is 4.92 Å². The van der Waals surface area contributed by atoms with Crippen molar-refractivity contribution in [3.05, 3.63) is 57.1 Å². The molecular weight excluding hydrogens is 378 g/mol. The molecule has 2 aromatic carbocycles. The number of hydrogen-bond donors (Lipinski definition) is 2. The Labute approximate surface area is 161 Å². The van der Waals surface area contributed by atoms with Crippen LogP contribution in [-0.4, -0.2) is 15.8 Å². The van der Waals surface area contributed by atoms with Gasteiger partial charge in [0, 0.05) is 21.7 Å². The molecule has 0 unspecified atom stereocenters. The summed E-state index contributed by atoms with van der Waals surface area (Å²) in [6.45, 7) is 3.96. The lowest BCUT2D eigenvalue weighted by Gasteiger charge is -2.14. The van der Waals surface area contributed by atoms with Crippen molar-refractivity contribution in [1.82, 2.24) is 0 Å². The van der Waals surface area contributed by atoms with Crippen LogP contribution in [0.3, 0.4) is 0 Å². The number of nitro groups is 1. The van der Waals surface area contributed by atoms with Crippen molar-refractivity contribution in [2.75, 3.05) is 16.4 Å². The zero-order chi connectivity index (χ0) is 18.4. The number of halogens is 1. The molecule has 2 N–H and O–H groups in total. The molecule has 0 spiro atoms. The SMILES string of the molecule is CCCSc1ccc([N+](=O)[O-])c(NC(=S)Nc2cccc(Cl)c2C)c1. The summed E-state index contributed by atoms with van der Waals surface area (Å²) in [5.74, 6) is 0.946. The van der Waals surface area contributed by atoms with Crippen LogP contribution in [0.4, 0.5) is 17.1 Å². The first-order valence-corrected chi connectivity index (χ1v) is 9.44. The fraction of sp³-hybridized carbons (Fsp3) is 0.235. The average Bonchev–Trinajstić information content (AvgIpc) is 2.57. The van der Waals surface area contributed by atoms with Gasteiger partial charge in [-0.3, -0.25) is 10.1 Å². The number of nitrogens with one attached hydrogen (secondary N) is 2. The standard InChI is InChI=1S/C17H18ClN3O2S2/c1-3-9-25-12-7-8-16(21(22)23)15(10-12)20-17(24)19-14-6-4-5-13(18)11(14)2/h4-8,10H,3,9H2,1-2H3,(H2,19,20,24). The summed E-state index contributed by atoms with van der Waals surface area (Å²) in [6.07, 6.45) is 1.03. The smallest absolute Gasteiger partial charge is 0.292 e. The highest BCUT2D eigenvalue weighted by atomic mass is 35.5. The zero-order valence-corrected chi connectivity index (χ0v) is 16.2. The first kappa shape index (κ1) is 19.5. The van der Waals surface area contributed by atoms with Gasteiger partial charge in [0.1, 0.15) is 5.69 Å². The Kier molecular flexibility index (Phi) is 7.04. The van der Waals surface area contributed by atoms with Crippen molar-refractivity contribution in [1.29, 1.82) is 0 Å². The molecule has 0 bridgehead atoms. The van der Waals surface area contributed by atoms with Gasteiger partial charge in [0.25, 0.3) is 5.69 Å². The van der Waals surface area contributed by atoms with Crippen molar-refractivity contribution in [2.45, 2.75) is 25.2 Å². The van der Waals surface area contributed by atoms with Gasteiger partial charge in [-0.2, -0.15) is 0 Å². The minimum Gasteiger partial charge on any atom is -0.332 e. The van der Waals surface area contributed by atoms with Crippen molar-refractivity contribution in [2.24, 2.45) is 0 Å². The highest BCUT2D eigenvalue weighted by molar-refractivity contribution is 7.99. The number of hydrogen-bond acceptors (Lipinski definition) is 4. The molecule has 0 aromatic heterocycles. The third-order valence-corrected chi connectivity index (χ3v) is 5.21. The van der Waals surface area contributed by atoms with Gasteiger partial charge in [-0.25, -0.2) is 0 Å². The summed E-state index contributed by atoms with van der Waals surface area (Å²) in [7, 11) is 0. The first-order chi connectivity index (χ1) is 11.9. The van der Waals surface area contributed by atoms with Gasteiger partial charge in [-0.15, -0.1) is 11.8 Å². The molecule has 132 valence electrons. The average molecular weight is 396 g/mol. The quantitative estimate of drug-likeness (QED) is 0.276. The van der Waals surface area contributed by atoms with Gasteiger partial charge in [0.15, 0.2) is 5.11 Å². The second-order valence-corrected chi connectivity index (χ2v) is 7.26. The van der Waals surface area contributed by atoms with Gasteiger partial charge in [0.2, 0.25) is 0 Å². The molecule has 2 rings (SSSR count). The summed E-state index contributed by atoms with van der Waals surface area (Å²) < 4.78 is 0. The van der Waals surface area contributed by atoms with Crippen LogP contribution in [0.25, 0.3) is 0 Å². The van der Waals surface area contributed by atoms with Gasteiger partial charge in [-0.05, 0) is 61.1 Å². The van der Waals surface area contributed by atoms with E-state index in [1.165, 1.54) is 6.07 Å². The van der Waals surface area contributed by atoms with Crippen LogP contribution in [0.1, 0.15) is 18.9 Å². The third-order valence-electron chi connectivity index (χ3n) is 3.40. The lowest BCUT2D eigenvalue weighted by molar-refractivity contribution is -0.383. The second kappa shape index (κ2) is 9.03. The van der Waals surface area contributed by atoms with Crippen LogP contribution in [0.15, 0.2) is 41.3 Å². The van der Waals surface area contributed by atoms with Crippen molar-refractivity contribution in [3.8, 4) is 0 Å².